The van der Waals surface area contributed by atoms with Crippen molar-refractivity contribution in [1.82, 2.24) is 5.32 Å². The number of rotatable bonds is 7. The second-order valence-electron chi connectivity index (χ2n) is 4.04. The van der Waals surface area contributed by atoms with E-state index in [1.165, 1.54) is 11.1 Å². The van der Waals surface area contributed by atoms with Gasteiger partial charge in [0.15, 0.2) is 0 Å². The number of nitrogens with zero attached hydrogens (tertiary/aromatic N) is 1. The summed E-state index contributed by atoms with van der Waals surface area (Å²) in [5.74, 6) is 0.291. The largest absolute Gasteiger partial charge is 0.409 e. The highest BCUT2D eigenvalue weighted by Gasteiger charge is 1.95. The van der Waals surface area contributed by atoms with Crippen LogP contribution in [-0.4, -0.2) is 17.6 Å². The summed E-state index contributed by atoms with van der Waals surface area (Å²) >= 11 is 0. The van der Waals surface area contributed by atoms with Crippen molar-refractivity contribution in [1.29, 1.82) is 0 Å². The molecule has 4 N–H and O–H groups in total. The third kappa shape index (κ3) is 5.36. The van der Waals surface area contributed by atoms with Crippen LogP contribution < -0.4 is 11.1 Å². The van der Waals surface area contributed by atoms with Crippen LogP contribution in [0.1, 0.15) is 30.9 Å². The molecule has 0 bridgehead atoms. The Labute approximate surface area is 103 Å². The van der Waals surface area contributed by atoms with Crippen molar-refractivity contribution >= 4 is 5.84 Å². The number of nitrogens with one attached hydrogen (secondary N) is 1. The Bertz CT molecular complexity index is 346. The van der Waals surface area contributed by atoms with Crippen LogP contribution >= 0.6 is 0 Å². The van der Waals surface area contributed by atoms with Crippen LogP contribution in [0.3, 0.4) is 0 Å². The highest BCUT2D eigenvalue weighted by molar-refractivity contribution is 5.79. The molecule has 0 saturated carbocycles. The van der Waals surface area contributed by atoms with Gasteiger partial charge in [0, 0.05) is 13.0 Å². The molecule has 4 heteroatoms. The topological polar surface area (TPSA) is 70.6 Å². The quantitative estimate of drug-likeness (QED) is 0.222. The smallest absolute Gasteiger partial charge is 0.139 e. The third-order valence-electron chi connectivity index (χ3n) is 2.68. The summed E-state index contributed by atoms with van der Waals surface area (Å²) in [7, 11) is 0. The van der Waals surface area contributed by atoms with E-state index in [9.17, 15) is 0 Å². The Morgan fingerprint density at radius 1 is 1.29 bits per heavy atom. The average Bonchev–Trinajstić information content (AvgIpc) is 2.38. The van der Waals surface area contributed by atoms with Gasteiger partial charge in [-0.3, -0.25) is 0 Å². The molecule has 0 atom stereocenters. The fraction of sp³-hybridized carbons (Fsp3) is 0.462. The normalized spacial score (nSPS) is 11.7. The third-order valence-corrected chi connectivity index (χ3v) is 2.68. The van der Waals surface area contributed by atoms with Crippen LogP contribution in [0.25, 0.3) is 0 Å². The van der Waals surface area contributed by atoms with E-state index in [1.807, 2.05) is 0 Å². The molecule has 0 saturated heterocycles. The fourth-order valence-electron chi connectivity index (χ4n) is 1.57. The molecule has 0 radical (unpaired) electrons. The van der Waals surface area contributed by atoms with E-state index in [4.69, 9.17) is 10.9 Å². The van der Waals surface area contributed by atoms with Gasteiger partial charge in [0.1, 0.15) is 5.84 Å². The molecule has 0 spiro atoms. The van der Waals surface area contributed by atoms with E-state index in [1.54, 1.807) is 0 Å². The molecule has 4 nitrogen and oxygen atoms in total. The van der Waals surface area contributed by atoms with Crippen LogP contribution in [0.15, 0.2) is 29.4 Å². The molecular formula is C13H21N3O. The summed E-state index contributed by atoms with van der Waals surface area (Å²) < 4.78 is 0. The maximum Gasteiger partial charge on any atom is 0.139 e. The van der Waals surface area contributed by atoms with Crippen molar-refractivity contribution in [3.8, 4) is 0 Å². The zero-order chi connectivity index (χ0) is 12.5. The molecule has 0 unspecified atom stereocenters. The number of benzene rings is 1. The summed E-state index contributed by atoms with van der Waals surface area (Å²) in [6.07, 6.45) is 2.58. The first-order chi connectivity index (χ1) is 8.26. The Balaban J connectivity index is 2.17. The van der Waals surface area contributed by atoms with Crippen molar-refractivity contribution in [2.24, 2.45) is 10.9 Å². The van der Waals surface area contributed by atoms with Crippen LogP contribution in [0, 0.1) is 0 Å². The molecule has 17 heavy (non-hydrogen) atoms. The van der Waals surface area contributed by atoms with Crippen molar-refractivity contribution in [3.05, 3.63) is 35.4 Å². The molecule has 1 aromatic carbocycles. The first kappa shape index (κ1) is 13.5. The van der Waals surface area contributed by atoms with E-state index in [2.05, 4.69) is 41.7 Å². The summed E-state index contributed by atoms with van der Waals surface area (Å²) in [5.41, 5.74) is 8.02. The van der Waals surface area contributed by atoms with E-state index >= 15 is 0 Å². The van der Waals surface area contributed by atoms with Crippen LogP contribution in [0.2, 0.25) is 0 Å². The lowest BCUT2D eigenvalue weighted by Crippen LogP contribution is -2.18. The molecule has 0 aliphatic heterocycles. The minimum absolute atomic E-state index is 0.291. The standard InChI is InChI=1S/C13H21N3O/c1-2-11-5-7-12(8-6-11)10-15-9-3-4-13(14)16-17/h5-8,15,17H,2-4,9-10H2,1H3,(H2,14,16). The SMILES string of the molecule is CCc1ccc(CNCCC/C(N)=N/O)cc1. The number of aryl methyl sites for hydroxylation is 1. The van der Waals surface area contributed by atoms with Crippen molar-refractivity contribution in [3.63, 3.8) is 0 Å². The Hall–Kier alpha value is -1.55. The van der Waals surface area contributed by atoms with Gasteiger partial charge in [0.2, 0.25) is 0 Å². The highest BCUT2D eigenvalue weighted by Crippen LogP contribution is 2.04. The Morgan fingerprint density at radius 2 is 1.94 bits per heavy atom. The van der Waals surface area contributed by atoms with Gasteiger partial charge in [-0.25, -0.2) is 0 Å². The van der Waals surface area contributed by atoms with Crippen LogP contribution in [0.4, 0.5) is 0 Å². The van der Waals surface area contributed by atoms with E-state index in [0.717, 1.165) is 25.9 Å². The fourth-order valence-corrected chi connectivity index (χ4v) is 1.57. The Kier molecular flexibility index (Phi) is 6.10. The molecule has 0 aromatic heterocycles. The number of hydrogen-bond acceptors (Lipinski definition) is 3. The van der Waals surface area contributed by atoms with Crippen LogP contribution in [0.5, 0.6) is 0 Å². The van der Waals surface area contributed by atoms with Gasteiger partial charge < -0.3 is 16.3 Å². The lowest BCUT2D eigenvalue weighted by Gasteiger charge is -2.05. The second kappa shape index (κ2) is 7.68. The molecule has 1 rings (SSSR count). The maximum absolute atomic E-state index is 8.36. The van der Waals surface area contributed by atoms with E-state index in [-0.39, 0.29) is 0 Å². The molecule has 1 aromatic rings. The zero-order valence-corrected chi connectivity index (χ0v) is 10.3. The molecule has 0 aliphatic carbocycles. The summed E-state index contributed by atoms with van der Waals surface area (Å²) in [5, 5.41) is 14.6. The number of nitrogens with two attached hydrogens (primary N) is 1. The zero-order valence-electron chi connectivity index (χ0n) is 10.3. The Morgan fingerprint density at radius 3 is 2.53 bits per heavy atom. The van der Waals surface area contributed by atoms with Crippen molar-refractivity contribution < 1.29 is 5.21 Å². The molecule has 0 amide bonds. The minimum atomic E-state index is 0.291. The predicted octanol–water partition coefficient (Wildman–Crippen LogP) is 1.87. The van der Waals surface area contributed by atoms with E-state index < -0.39 is 0 Å². The van der Waals surface area contributed by atoms with Gasteiger partial charge in [0.05, 0.1) is 0 Å². The lowest BCUT2D eigenvalue weighted by molar-refractivity contribution is 0.316. The summed E-state index contributed by atoms with van der Waals surface area (Å²) in [4.78, 5) is 0. The van der Waals surface area contributed by atoms with Crippen molar-refractivity contribution in [2.45, 2.75) is 32.7 Å². The van der Waals surface area contributed by atoms with Crippen LogP contribution in [-0.2, 0) is 13.0 Å². The molecule has 0 aliphatic rings. The van der Waals surface area contributed by atoms with Gasteiger partial charge in [0.25, 0.3) is 0 Å². The first-order valence-corrected chi connectivity index (χ1v) is 6.01. The summed E-state index contributed by atoms with van der Waals surface area (Å²) in [6, 6.07) is 8.62. The molecule has 0 fully saturated rings. The van der Waals surface area contributed by atoms with Crippen molar-refractivity contribution in [2.75, 3.05) is 6.54 Å². The maximum atomic E-state index is 8.36. The predicted molar refractivity (Wildman–Crippen MR) is 70.2 cm³/mol. The average molecular weight is 235 g/mol. The second-order valence-corrected chi connectivity index (χ2v) is 4.04. The number of hydrogen-bond donors (Lipinski definition) is 3. The monoisotopic (exact) mass is 235 g/mol. The summed E-state index contributed by atoms with van der Waals surface area (Å²) in [6.45, 7) is 3.88. The molecule has 0 heterocycles. The minimum Gasteiger partial charge on any atom is -0.409 e. The number of oxime groups is 1. The highest BCUT2D eigenvalue weighted by atomic mass is 16.4. The number of amidine groups is 1. The van der Waals surface area contributed by atoms with Gasteiger partial charge in [-0.05, 0) is 30.5 Å². The van der Waals surface area contributed by atoms with E-state index in [0.29, 0.717) is 12.3 Å². The first-order valence-electron chi connectivity index (χ1n) is 6.01. The van der Waals surface area contributed by atoms with Gasteiger partial charge in [-0.1, -0.05) is 36.3 Å². The van der Waals surface area contributed by atoms with Gasteiger partial charge >= 0.3 is 0 Å². The lowest BCUT2D eigenvalue weighted by atomic mass is 10.1. The van der Waals surface area contributed by atoms with Gasteiger partial charge in [-0.2, -0.15) is 0 Å². The van der Waals surface area contributed by atoms with Gasteiger partial charge in [-0.15, -0.1) is 0 Å². The molecular weight excluding hydrogens is 214 g/mol. The molecule has 94 valence electrons.